The fourth-order valence-corrected chi connectivity index (χ4v) is 6.12. The van der Waals surface area contributed by atoms with E-state index in [4.69, 9.17) is 14.2 Å². The van der Waals surface area contributed by atoms with Gasteiger partial charge in [-0.25, -0.2) is 4.79 Å². The molecule has 1 N–H and O–H groups in total. The maximum atomic E-state index is 13.9. The van der Waals surface area contributed by atoms with E-state index in [0.717, 1.165) is 48.2 Å². The van der Waals surface area contributed by atoms with Crippen molar-refractivity contribution in [3.63, 3.8) is 0 Å². The fraction of sp³-hybridized carbons (Fsp3) is 0.419. The monoisotopic (exact) mass is 501 g/mol. The van der Waals surface area contributed by atoms with Gasteiger partial charge in [0.25, 0.3) is 0 Å². The lowest BCUT2D eigenvalue weighted by Crippen LogP contribution is -2.37. The third-order valence-corrected chi connectivity index (χ3v) is 7.89. The second-order valence-corrected chi connectivity index (χ2v) is 10.2. The topological polar surface area (TPSA) is 73.9 Å². The average Bonchev–Trinajstić information content (AvgIpc) is 2.92. The number of ketones is 1. The number of esters is 1. The van der Waals surface area contributed by atoms with Gasteiger partial charge in [0.2, 0.25) is 0 Å². The highest BCUT2D eigenvalue weighted by Crippen LogP contribution is 2.49. The molecule has 2 aliphatic carbocycles. The van der Waals surface area contributed by atoms with Crippen molar-refractivity contribution in [2.24, 2.45) is 0 Å². The van der Waals surface area contributed by atoms with Gasteiger partial charge in [-0.3, -0.25) is 4.79 Å². The first-order chi connectivity index (χ1) is 18.0. The molecule has 0 amide bonds. The summed E-state index contributed by atoms with van der Waals surface area (Å²) in [5.41, 5.74) is 4.56. The van der Waals surface area contributed by atoms with Crippen LogP contribution in [-0.2, 0) is 14.3 Å². The van der Waals surface area contributed by atoms with E-state index in [2.05, 4.69) is 17.4 Å². The van der Waals surface area contributed by atoms with E-state index >= 15 is 0 Å². The van der Waals surface area contributed by atoms with Crippen molar-refractivity contribution in [1.29, 1.82) is 0 Å². The number of hydrogen-bond acceptors (Lipinski definition) is 6. The molecule has 1 heterocycles. The molecule has 0 saturated heterocycles. The molecule has 2 aromatic rings. The largest absolute Gasteiger partial charge is 0.493 e. The Balaban J connectivity index is 1.59. The third kappa shape index (κ3) is 4.89. The van der Waals surface area contributed by atoms with Crippen molar-refractivity contribution in [3.8, 4) is 11.5 Å². The lowest BCUT2D eigenvalue weighted by Gasteiger charge is -2.37. The molecule has 0 aromatic heterocycles. The Morgan fingerprint density at radius 1 is 0.919 bits per heavy atom. The van der Waals surface area contributed by atoms with Crippen LogP contribution in [0.15, 0.2) is 71.1 Å². The van der Waals surface area contributed by atoms with Crippen LogP contribution < -0.4 is 14.8 Å². The van der Waals surface area contributed by atoms with Crippen LogP contribution in [0.25, 0.3) is 0 Å². The summed E-state index contributed by atoms with van der Waals surface area (Å²) in [5.74, 6) is 0.239. The highest BCUT2D eigenvalue weighted by molar-refractivity contribution is 6.04. The summed E-state index contributed by atoms with van der Waals surface area (Å²) in [6.07, 6.45) is 6.05. The Bertz CT molecular complexity index is 1240. The average molecular weight is 502 g/mol. The molecule has 6 heteroatoms. The first-order valence-corrected chi connectivity index (χ1v) is 13.2. The quantitative estimate of drug-likeness (QED) is 0.494. The van der Waals surface area contributed by atoms with Gasteiger partial charge in [0, 0.05) is 29.0 Å². The highest BCUT2D eigenvalue weighted by atomic mass is 16.5. The number of hydrogen-bond donors (Lipinski definition) is 1. The standard InChI is InChI=1S/C31H35NO5/c1-19-27(31(34)37-22-13-8-5-9-14-22)28(23-15-10-16-26(35-2)30(23)36-3)29-24(32-19)17-21(18-25(29)33)20-11-6-4-7-12-20/h4,6-7,10-12,15-16,21-22,28,32H,5,8-9,13-14,17-18H2,1-3H3. The summed E-state index contributed by atoms with van der Waals surface area (Å²) in [4.78, 5) is 27.6. The Labute approximate surface area is 218 Å². The van der Waals surface area contributed by atoms with Crippen LogP contribution in [0.3, 0.4) is 0 Å². The number of rotatable bonds is 6. The molecule has 194 valence electrons. The first-order valence-electron chi connectivity index (χ1n) is 13.2. The van der Waals surface area contributed by atoms with E-state index in [-0.39, 0.29) is 23.8 Å². The van der Waals surface area contributed by atoms with Gasteiger partial charge in [-0.15, -0.1) is 0 Å². The Morgan fingerprint density at radius 3 is 2.38 bits per heavy atom. The number of methoxy groups -OCH3 is 2. The summed E-state index contributed by atoms with van der Waals surface area (Å²) in [5, 5.41) is 3.45. The summed E-state index contributed by atoms with van der Waals surface area (Å²) in [6, 6.07) is 15.8. The van der Waals surface area contributed by atoms with Crippen LogP contribution in [0.5, 0.6) is 11.5 Å². The predicted octanol–water partition coefficient (Wildman–Crippen LogP) is 5.94. The van der Waals surface area contributed by atoms with Gasteiger partial charge in [0.1, 0.15) is 6.10 Å². The molecule has 2 atom stereocenters. The Morgan fingerprint density at radius 2 is 1.68 bits per heavy atom. The van der Waals surface area contributed by atoms with Gasteiger partial charge in [-0.2, -0.15) is 0 Å². The van der Waals surface area contributed by atoms with Gasteiger partial charge < -0.3 is 19.5 Å². The van der Waals surface area contributed by atoms with Gasteiger partial charge in [0.15, 0.2) is 17.3 Å². The maximum absolute atomic E-state index is 13.9. The van der Waals surface area contributed by atoms with Crippen LogP contribution in [0.4, 0.5) is 0 Å². The molecule has 0 radical (unpaired) electrons. The van der Waals surface area contributed by atoms with Crippen molar-refractivity contribution in [1.82, 2.24) is 5.32 Å². The number of para-hydroxylation sites is 1. The molecule has 2 unspecified atom stereocenters. The number of dihydropyridines is 1. The van der Waals surface area contributed by atoms with E-state index in [1.807, 2.05) is 43.3 Å². The predicted molar refractivity (Wildman–Crippen MR) is 142 cm³/mol. The molecule has 2 aromatic carbocycles. The number of carbonyl (C=O) groups is 2. The second kappa shape index (κ2) is 10.8. The number of Topliss-reactive ketones (excluding diaryl/α,β-unsaturated/α-hetero) is 1. The van der Waals surface area contributed by atoms with Crippen LogP contribution in [0.2, 0.25) is 0 Å². The number of ether oxygens (including phenoxy) is 3. The van der Waals surface area contributed by atoms with Gasteiger partial charge in [-0.05, 0) is 56.6 Å². The molecule has 1 fully saturated rings. The third-order valence-electron chi connectivity index (χ3n) is 7.89. The van der Waals surface area contributed by atoms with Crippen molar-refractivity contribution >= 4 is 11.8 Å². The highest BCUT2D eigenvalue weighted by Gasteiger charge is 2.43. The van der Waals surface area contributed by atoms with Crippen LogP contribution in [-0.4, -0.2) is 32.1 Å². The number of carbonyl (C=O) groups excluding carboxylic acids is 2. The van der Waals surface area contributed by atoms with E-state index in [9.17, 15) is 9.59 Å². The minimum atomic E-state index is -0.596. The molecule has 37 heavy (non-hydrogen) atoms. The zero-order chi connectivity index (χ0) is 25.9. The minimum Gasteiger partial charge on any atom is -0.493 e. The van der Waals surface area contributed by atoms with Crippen LogP contribution in [0.1, 0.15) is 74.8 Å². The number of allylic oxidation sites excluding steroid dienone is 3. The SMILES string of the molecule is COc1cccc(C2C(C(=O)OC3CCCCC3)=C(C)NC3=C2C(=O)CC(c2ccccc2)C3)c1OC. The molecular weight excluding hydrogens is 466 g/mol. The molecule has 3 aliphatic rings. The maximum Gasteiger partial charge on any atom is 0.337 e. The Hall–Kier alpha value is -3.54. The molecule has 0 bridgehead atoms. The summed E-state index contributed by atoms with van der Waals surface area (Å²) in [7, 11) is 3.17. The second-order valence-electron chi connectivity index (χ2n) is 10.2. The van der Waals surface area contributed by atoms with Crippen molar-refractivity contribution < 1.29 is 23.8 Å². The lowest BCUT2D eigenvalue weighted by molar-refractivity contribution is -0.146. The molecule has 5 rings (SSSR count). The lowest BCUT2D eigenvalue weighted by atomic mass is 9.71. The van der Waals surface area contributed by atoms with E-state index in [1.165, 1.54) is 6.42 Å². The van der Waals surface area contributed by atoms with Crippen LogP contribution in [0, 0.1) is 0 Å². The van der Waals surface area contributed by atoms with Gasteiger partial charge >= 0.3 is 5.97 Å². The summed E-state index contributed by atoms with van der Waals surface area (Å²) in [6.45, 7) is 1.90. The van der Waals surface area contributed by atoms with E-state index in [0.29, 0.717) is 35.5 Å². The number of benzene rings is 2. The van der Waals surface area contributed by atoms with Crippen LogP contribution >= 0.6 is 0 Å². The van der Waals surface area contributed by atoms with Crippen molar-refractivity contribution in [2.45, 2.75) is 69.8 Å². The van der Waals surface area contributed by atoms with Gasteiger partial charge in [-0.1, -0.05) is 48.9 Å². The molecule has 1 saturated carbocycles. The zero-order valence-corrected chi connectivity index (χ0v) is 21.8. The van der Waals surface area contributed by atoms with E-state index in [1.54, 1.807) is 14.2 Å². The van der Waals surface area contributed by atoms with E-state index < -0.39 is 5.92 Å². The summed E-state index contributed by atoms with van der Waals surface area (Å²) >= 11 is 0. The normalized spacial score (nSPS) is 22.3. The number of nitrogens with one attached hydrogen (secondary N) is 1. The van der Waals surface area contributed by atoms with Crippen molar-refractivity contribution in [3.05, 3.63) is 82.2 Å². The van der Waals surface area contributed by atoms with Crippen molar-refractivity contribution in [2.75, 3.05) is 14.2 Å². The smallest absolute Gasteiger partial charge is 0.337 e. The molecule has 6 nitrogen and oxygen atoms in total. The summed E-state index contributed by atoms with van der Waals surface area (Å²) < 4.78 is 17.4. The molecule has 0 spiro atoms. The Kier molecular flexibility index (Phi) is 7.36. The minimum absolute atomic E-state index is 0.0351. The fourth-order valence-electron chi connectivity index (χ4n) is 6.12. The van der Waals surface area contributed by atoms with Gasteiger partial charge in [0.05, 0.1) is 25.7 Å². The molecule has 1 aliphatic heterocycles. The first kappa shape index (κ1) is 25.1. The zero-order valence-electron chi connectivity index (χ0n) is 21.8. The molecular formula is C31H35NO5.